The zero-order valence-electron chi connectivity index (χ0n) is 13.0. The van der Waals surface area contributed by atoms with Gasteiger partial charge < -0.3 is 20.5 Å². The molecule has 0 saturated heterocycles. The number of benzene rings is 1. The Morgan fingerprint density at radius 1 is 1.38 bits per heavy atom. The summed E-state index contributed by atoms with van der Waals surface area (Å²) in [5.74, 6) is 1.50. The molecule has 1 amide bonds. The number of rotatable bonds is 5. The van der Waals surface area contributed by atoms with Crippen LogP contribution < -0.4 is 20.5 Å². The number of carbonyl (C=O) groups is 1. The van der Waals surface area contributed by atoms with E-state index in [0.29, 0.717) is 24.5 Å². The van der Waals surface area contributed by atoms with E-state index in [1.807, 2.05) is 25.1 Å². The monoisotopic (exact) mass is 391 g/mol. The fourth-order valence-corrected chi connectivity index (χ4v) is 2.78. The van der Waals surface area contributed by atoms with Crippen molar-refractivity contribution in [3.8, 4) is 22.1 Å². The molecule has 1 aliphatic heterocycles. The fourth-order valence-electron chi connectivity index (χ4n) is 1.98. The molecule has 3 N–H and O–H groups in total. The number of halogens is 2. The van der Waals surface area contributed by atoms with Gasteiger partial charge in [0.1, 0.15) is 10.7 Å². The SMILES string of the molecule is CC(CN)CNC(=O)c1csc(-c2ccc3c(c2)OCO3)n1.Cl.Cl. The number of aromatic nitrogens is 1. The Kier molecular flexibility index (Phi) is 7.75. The highest BCUT2D eigenvalue weighted by atomic mass is 35.5. The van der Waals surface area contributed by atoms with Crippen LogP contribution in [-0.2, 0) is 0 Å². The molecule has 1 aromatic heterocycles. The number of hydrogen-bond donors (Lipinski definition) is 2. The first-order valence-electron chi connectivity index (χ1n) is 7.01. The molecule has 2 aromatic rings. The highest BCUT2D eigenvalue weighted by Gasteiger charge is 2.17. The maximum absolute atomic E-state index is 12.0. The molecule has 2 heterocycles. The second-order valence-corrected chi connectivity index (χ2v) is 6.01. The van der Waals surface area contributed by atoms with Gasteiger partial charge in [-0.25, -0.2) is 4.98 Å². The normalized spacial score (nSPS) is 12.8. The first kappa shape index (κ1) is 20.5. The van der Waals surface area contributed by atoms with Crippen LogP contribution in [0.25, 0.3) is 10.6 Å². The third-order valence-corrected chi connectivity index (χ3v) is 4.26. The molecule has 1 unspecified atom stereocenters. The average molecular weight is 392 g/mol. The number of amides is 1. The lowest BCUT2D eigenvalue weighted by Crippen LogP contribution is -2.31. The molecular weight excluding hydrogens is 373 g/mol. The van der Waals surface area contributed by atoms with Crippen molar-refractivity contribution in [1.29, 1.82) is 0 Å². The summed E-state index contributed by atoms with van der Waals surface area (Å²) in [6.45, 7) is 3.31. The molecule has 24 heavy (non-hydrogen) atoms. The summed E-state index contributed by atoms with van der Waals surface area (Å²) in [5, 5.41) is 5.36. The van der Waals surface area contributed by atoms with Gasteiger partial charge in [0, 0.05) is 17.5 Å². The van der Waals surface area contributed by atoms with E-state index in [0.717, 1.165) is 16.3 Å². The van der Waals surface area contributed by atoms with Gasteiger partial charge >= 0.3 is 0 Å². The number of hydrogen-bond acceptors (Lipinski definition) is 6. The Morgan fingerprint density at radius 3 is 2.88 bits per heavy atom. The summed E-state index contributed by atoms with van der Waals surface area (Å²) in [4.78, 5) is 16.4. The maximum Gasteiger partial charge on any atom is 0.270 e. The minimum absolute atomic E-state index is 0. The molecule has 0 spiro atoms. The largest absolute Gasteiger partial charge is 0.454 e. The van der Waals surface area contributed by atoms with Gasteiger partial charge in [-0.05, 0) is 30.7 Å². The molecule has 0 radical (unpaired) electrons. The lowest BCUT2D eigenvalue weighted by atomic mass is 10.2. The molecule has 0 saturated carbocycles. The van der Waals surface area contributed by atoms with E-state index in [1.54, 1.807) is 5.38 Å². The molecule has 9 heteroatoms. The number of ether oxygens (including phenoxy) is 2. The highest BCUT2D eigenvalue weighted by molar-refractivity contribution is 7.13. The Bertz CT molecular complexity index is 696. The van der Waals surface area contributed by atoms with Gasteiger partial charge in [0.15, 0.2) is 11.5 Å². The summed E-state index contributed by atoms with van der Waals surface area (Å²) in [6.07, 6.45) is 0. The average Bonchev–Trinajstić information content (AvgIpc) is 3.20. The Morgan fingerprint density at radius 2 is 2.12 bits per heavy atom. The zero-order chi connectivity index (χ0) is 15.5. The van der Waals surface area contributed by atoms with E-state index in [-0.39, 0.29) is 43.4 Å². The maximum atomic E-state index is 12.0. The van der Waals surface area contributed by atoms with E-state index < -0.39 is 0 Å². The number of nitrogens with zero attached hydrogens (tertiary/aromatic N) is 1. The lowest BCUT2D eigenvalue weighted by Gasteiger charge is -2.08. The zero-order valence-corrected chi connectivity index (χ0v) is 15.4. The van der Waals surface area contributed by atoms with Crippen LogP contribution in [0.4, 0.5) is 0 Å². The van der Waals surface area contributed by atoms with Crippen LogP contribution in [0.5, 0.6) is 11.5 Å². The molecular formula is C15H19Cl2N3O3S. The number of nitrogens with one attached hydrogen (secondary N) is 1. The quantitative estimate of drug-likeness (QED) is 0.817. The smallest absolute Gasteiger partial charge is 0.270 e. The minimum Gasteiger partial charge on any atom is -0.454 e. The van der Waals surface area contributed by atoms with Gasteiger partial charge in [0.25, 0.3) is 5.91 Å². The molecule has 3 rings (SSSR count). The predicted octanol–water partition coefficient (Wildman–Crippen LogP) is 2.71. The topological polar surface area (TPSA) is 86.5 Å². The van der Waals surface area contributed by atoms with Gasteiger partial charge in [-0.3, -0.25) is 4.79 Å². The van der Waals surface area contributed by atoms with Crippen molar-refractivity contribution in [2.24, 2.45) is 11.7 Å². The summed E-state index contributed by atoms with van der Waals surface area (Å²) >= 11 is 1.42. The lowest BCUT2D eigenvalue weighted by molar-refractivity contribution is 0.0944. The third kappa shape index (κ3) is 4.51. The minimum atomic E-state index is -0.177. The molecule has 1 aliphatic rings. The van der Waals surface area contributed by atoms with Crippen LogP contribution >= 0.6 is 36.2 Å². The van der Waals surface area contributed by atoms with Crippen molar-refractivity contribution in [3.63, 3.8) is 0 Å². The van der Waals surface area contributed by atoms with Crippen LogP contribution in [0.15, 0.2) is 23.6 Å². The highest BCUT2D eigenvalue weighted by Crippen LogP contribution is 2.36. The van der Waals surface area contributed by atoms with E-state index in [4.69, 9.17) is 15.2 Å². The first-order valence-corrected chi connectivity index (χ1v) is 7.89. The van der Waals surface area contributed by atoms with E-state index in [1.165, 1.54) is 11.3 Å². The summed E-state index contributed by atoms with van der Waals surface area (Å²) < 4.78 is 10.6. The van der Waals surface area contributed by atoms with Gasteiger partial charge in [0.05, 0.1) is 0 Å². The number of thiazole rings is 1. The summed E-state index contributed by atoms with van der Waals surface area (Å²) in [5.41, 5.74) is 6.86. The van der Waals surface area contributed by atoms with Crippen molar-refractivity contribution in [1.82, 2.24) is 10.3 Å². The molecule has 0 fully saturated rings. The Labute approximate surface area is 156 Å². The van der Waals surface area contributed by atoms with Crippen LogP contribution in [0.3, 0.4) is 0 Å². The third-order valence-electron chi connectivity index (χ3n) is 3.37. The molecule has 0 aliphatic carbocycles. The molecule has 6 nitrogen and oxygen atoms in total. The van der Waals surface area contributed by atoms with Crippen LogP contribution in [0.2, 0.25) is 0 Å². The van der Waals surface area contributed by atoms with Gasteiger partial charge in [-0.2, -0.15) is 0 Å². The Hall–Kier alpha value is -1.54. The first-order chi connectivity index (χ1) is 10.7. The second-order valence-electron chi connectivity index (χ2n) is 5.16. The number of nitrogens with two attached hydrogens (primary N) is 1. The van der Waals surface area contributed by atoms with Crippen LogP contribution in [0, 0.1) is 5.92 Å². The van der Waals surface area contributed by atoms with Gasteiger partial charge in [0.2, 0.25) is 6.79 Å². The number of carbonyl (C=O) groups excluding carboxylic acids is 1. The van der Waals surface area contributed by atoms with Crippen molar-refractivity contribution in [2.45, 2.75) is 6.92 Å². The van der Waals surface area contributed by atoms with E-state index >= 15 is 0 Å². The molecule has 0 bridgehead atoms. The second kappa shape index (κ2) is 9.08. The predicted molar refractivity (Wildman–Crippen MR) is 98.7 cm³/mol. The summed E-state index contributed by atoms with van der Waals surface area (Å²) in [6, 6.07) is 5.63. The molecule has 1 aromatic carbocycles. The van der Waals surface area contributed by atoms with E-state index in [2.05, 4.69) is 10.3 Å². The number of fused-ring (bicyclic) bond motifs is 1. The van der Waals surface area contributed by atoms with Gasteiger partial charge in [-0.1, -0.05) is 6.92 Å². The van der Waals surface area contributed by atoms with Crippen molar-refractivity contribution < 1.29 is 14.3 Å². The molecule has 132 valence electrons. The van der Waals surface area contributed by atoms with E-state index in [9.17, 15) is 4.79 Å². The van der Waals surface area contributed by atoms with Crippen molar-refractivity contribution in [3.05, 3.63) is 29.3 Å². The van der Waals surface area contributed by atoms with Crippen molar-refractivity contribution >= 4 is 42.1 Å². The van der Waals surface area contributed by atoms with Crippen LogP contribution in [-0.4, -0.2) is 30.8 Å². The van der Waals surface area contributed by atoms with Gasteiger partial charge in [-0.15, -0.1) is 36.2 Å². The Balaban J connectivity index is 0.00000144. The fraction of sp³-hybridized carbons (Fsp3) is 0.333. The standard InChI is InChI=1S/C15H17N3O3S.2ClH/c1-9(5-16)6-17-14(19)11-7-22-15(18-11)10-2-3-12-13(4-10)21-8-20-12;;/h2-4,7,9H,5-6,8,16H2,1H3,(H,17,19);2*1H. The molecule has 1 atom stereocenters. The summed E-state index contributed by atoms with van der Waals surface area (Å²) in [7, 11) is 0. The van der Waals surface area contributed by atoms with Crippen molar-refractivity contribution in [2.75, 3.05) is 19.9 Å². The van der Waals surface area contributed by atoms with Crippen LogP contribution in [0.1, 0.15) is 17.4 Å².